The van der Waals surface area contributed by atoms with E-state index in [1.807, 2.05) is 0 Å². The van der Waals surface area contributed by atoms with Gasteiger partial charge in [0.15, 0.2) is 0 Å². The summed E-state index contributed by atoms with van der Waals surface area (Å²) in [6.45, 7) is 4.70. The summed E-state index contributed by atoms with van der Waals surface area (Å²) in [5, 5.41) is 0.823. The van der Waals surface area contributed by atoms with Crippen LogP contribution in [0.2, 0.25) is 0 Å². The Bertz CT molecular complexity index is 963. The van der Waals surface area contributed by atoms with Gasteiger partial charge in [0.25, 0.3) is 5.91 Å². The second-order valence-corrected chi connectivity index (χ2v) is 7.90. The third-order valence-electron chi connectivity index (χ3n) is 6.19. The first-order valence-corrected chi connectivity index (χ1v) is 10.1. The number of carbonyl (C=O) groups is 2. The van der Waals surface area contributed by atoms with Gasteiger partial charge in [-0.1, -0.05) is 13.0 Å². The number of aromatic amines is 1. The lowest BCUT2D eigenvalue weighted by atomic mass is 9.85. The molecule has 2 amide bonds. The Labute approximate surface area is 163 Å². The summed E-state index contributed by atoms with van der Waals surface area (Å²) in [7, 11) is 0. The van der Waals surface area contributed by atoms with Crippen molar-refractivity contribution in [2.75, 3.05) is 13.1 Å². The van der Waals surface area contributed by atoms with Crippen molar-refractivity contribution >= 4 is 22.7 Å². The van der Waals surface area contributed by atoms with Crippen LogP contribution in [-0.2, 0) is 17.6 Å². The maximum atomic E-state index is 15.3. The molecule has 1 aromatic carbocycles. The average Bonchev–Trinajstić information content (AvgIpc) is 2.88. The summed E-state index contributed by atoms with van der Waals surface area (Å²) in [4.78, 5) is 29.2. The van der Waals surface area contributed by atoms with Gasteiger partial charge in [-0.05, 0) is 56.2 Å². The number of carbonyl (C=O) groups excluding carboxylic acids is 2. The van der Waals surface area contributed by atoms with Crippen molar-refractivity contribution in [2.45, 2.75) is 50.9 Å². The van der Waals surface area contributed by atoms with Gasteiger partial charge in [0, 0.05) is 35.7 Å². The van der Waals surface area contributed by atoms with E-state index in [0.717, 1.165) is 61.6 Å². The van der Waals surface area contributed by atoms with E-state index in [-0.39, 0.29) is 17.4 Å². The number of piperidine rings is 1. The van der Waals surface area contributed by atoms with E-state index in [2.05, 4.69) is 11.6 Å². The van der Waals surface area contributed by atoms with E-state index in [9.17, 15) is 9.59 Å². The van der Waals surface area contributed by atoms with E-state index in [0.29, 0.717) is 24.2 Å². The standard InChI is InChI=1S/C22H26FN3O2/c1-2-18(27)26-10-6-7-13(12-26)19-16(23)11-15(22(24)28)21-20(19)14-8-4-3-5-9-17(14)25-21/h2,11,13,25H,1,3-10,12H2,(H2,24,28)/t13-/m1/s1. The Hall–Kier alpha value is -2.63. The van der Waals surface area contributed by atoms with Crippen molar-refractivity contribution in [3.05, 3.63) is 46.9 Å². The molecule has 0 saturated carbocycles. The Morgan fingerprint density at radius 1 is 1.25 bits per heavy atom. The van der Waals surface area contributed by atoms with Crippen LogP contribution in [0.4, 0.5) is 4.39 Å². The molecule has 1 aliphatic carbocycles. The zero-order chi connectivity index (χ0) is 19.8. The zero-order valence-electron chi connectivity index (χ0n) is 16.0. The number of primary amides is 1. The quantitative estimate of drug-likeness (QED) is 0.628. The minimum atomic E-state index is -0.626. The second-order valence-electron chi connectivity index (χ2n) is 7.90. The van der Waals surface area contributed by atoms with Crippen LogP contribution < -0.4 is 5.73 Å². The lowest BCUT2D eigenvalue weighted by Crippen LogP contribution is -2.38. The number of hydrogen-bond donors (Lipinski definition) is 2. The highest BCUT2D eigenvalue weighted by atomic mass is 19.1. The molecule has 4 rings (SSSR count). The van der Waals surface area contributed by atoms with Gasteiger partial charge in [0.2, 0.25) is 5.91 Å². The van der Waals surface area contributed by atoms with Crippen molar-refractivity contribution in [1.29, 1.82) is 0 Å². The molecule has 6 heteroatoms. The van der Waals surface area contributed by atoms with Gasteiger partial charge in [-0.2, -0.15) is 0 Å². The molecule has 3 N–H and O–H groups in total. The highest BCUT2D eigenvalue weighted by Crippen LogP contribution is 2.40. The number of nitrogens with one attached hydrogen (secondary N) is 1. The molecule has 2 aliphatic rings. The van der Waals surface area contributed by atoms with Crippen LogP contribution in [0.3, 0.4) is 0 Å². The molecule has 1 fully saturated rings. The fourth-order valence-corrected chi connectivity index (χ4v) is 4.89. The number of likely N-dealkylation sites (tertiary alicyclic amines) is 1. The third-order valence-corrected chi connectivity index (χ3v) is 6.19. The Balaban J connectivity index is 1.90. The number of benzene rings is 1. The summed E-state index contributed by atoms with van der Waals surface area (Å²) in [5.41, 5.74) is 9.26. The first-order valence-electron chi connectivity index (χ1n) is 10.1. The maximum Gasteiger partial charge on any atom is 0.250 e. The number of aryl methyl sites for hydroxylation is 2. The lowest BCUT2D eigenvalue weighted by Gasteiger charge is -2.33. The molecular formula is C22H26FN3O2. The summed E-state index contributed by atoms with van der Waals surface area (Å²) in [5.74, 6) is -1.25. The minimum Gasteiger partial charge on any atom is -0.366 e. The van der Waals surface area contributed by atoms with Gasteiger partial charge in [0.05, 0.1) is 11.1 Å². The van der Waals surface area contributed by atoms with Gasteiger partial charge in [-0.15, -0.1) is 0 Å². The molecule has 1 saturated heterocycles. The first-order chi connectivity index (χ1) is 13.5. The number of fused-ring (bicyclic) bond motifs is 3. The molecule has 1 aromatic heterocycles. The Kier molecular flexibility index (Phi) is 4.96. The molecule has 0 unspecified atom stereocenters. The Morgan fingerprint density at radius 3 is 2.79 bits per heavy atom. The van der Waals surface area contributed by atoms with Crippen molar-refractivity contribution in [3.8, 4) is 0 Å². The Morgan fingerprint density at radius 2 is 2.04 bits per heavy atom. The molecule has 0 bridgehead atoms. The lowest BCUT2D eigenvalue weighted by molar-refractivity contribution is -0.127. The molecule has 5 nitrogen and oxygen atoms in total. The summed E-state index contributed by atoms with van der Waals surface area (Å²) < 4.78 is 15.3. The smallest absolute Gasteiger partial charge is 0.250 e. The number of nitrogens with two attached hydrogens (primary N) is 1. The number of nitrogens with zero attached hydrogens (tertiary/aromatic N) is 1. The monoisotopic (exact) mass is 383 g/mol. The highest BCUT2D eigenvalue weighted by molar-refractivity contribution is 6.07. The average molecular weight is 383 g/mol. The molecule has 0 radical (unpaired) electrons. The third kappa shape index (κ3) is 3.11. The molecule has 2 heterocycles. The molecule has 148 valence electrons. The largest absolute Gasteiger partial charge is 0.366 e. The number of halogens is 1. The van der Waals surface area contributed by atoms with Crippen molar-refractivity contribution in [3.63, 3.8) is 0 Å². The second kappa shape index (κ2) is 7.41. The molecule has 28 heavy (non-hydrogen) atoms. The van der Waals surface area contributed by atoms with E-state index < -0.39 is 11.7 Å². The summed E-state index contributed by atoms with van der Waals surface area (Å²) in [6.07, 6.45) is 7.97. The molecule has 2 aromatic rings. The van der Waals surface area contributed by atoms with Crippen LogP contribution in [0.5, 0.6) is 0 Å². The minimum absolute atomic E-state index is 0.106. The van der Waals surface area contributed by atoms with Gasteiger partial charge in [0.1, 0.15) is 5.82 Å². The predicted octanol–water partition coefficient (Wildman–Crippen LogP) is 3.57. The van der Waals surface area contributed by atoms with E-state index in [1.54, 1.807) is 4.90 Å². The van der Waals surface area contributed by atoms with Gasteiger partial charge >= 0.3 is 0 Å². The fraction of sp³-hybridized carbons (Fsp3) is 0.455. The van der Waals surface area contributed by atoms with Gasteiger partial charge in [-0.25, -0.2) is 4.39 Å². The van der Waals surface area contributed by atoms with Crippen LogP contribution in [0.1, 0.15) is 65.2 Å². The van der Waals surface area contributed by atoms with Gasteiger partial charge < -0.3 is 15.6 Å². The van der Waals surface area contributed by atoms with Crippen molar-refractivity contribution < 1.29 is 14.0 Å². The molecular weight excluding hydrogens is 357 g/mol. The van der Waals surface area contributed by atoms with Crippen molar-refractivity contribution in [1.82, 2.24) is 9.88 Å². The number of aromatic nitrogens is 1. The SMILES string of the molecule is C=CC(=O)N1CCC[C@@H](c2c(F)cc(C(N)=O)c3[nH]c4c(c23)CCCCC4)C1. The first kappa shape index (κ1) is 18.7. The molecule has 1 atom stereocenters. The number of rotatable bonds is 3. The molecule has 1 aliphatic heterocycles. The van der Waals surface area contributed by atoms with Crippen LogP contribution in [0, 0.1) is 5.82 Å². The maximum absolute atomic E-state index is 15.3. The fourth-order valence-electron chi connectivity index (χ4n) is 4.89. The van der Waals surface area contributed by atoms with E-state index in [4.69, 9.17) is 5.73 Å². The van der Waals surface area contributed by atoms with Crippen molar-refractivity contribution in [2.24, 2.45) is 5.73 Å². The normalized spacial score (nSPS) is 19.9. The topological polar surface area (TPSA) is 79.2 Å². The zero-order valence-corrected chi connectivity index (χ0v) is 16.0. The van der Waals surface area contributed by atoms with Crippen LogP contribution in [0.25, 0.3) is 10.9 Å². The van der Waals surface area contributed by atoms with E-state index >= 15 is 4.39 Å². The number of hydrogen-bond acceptors (Lipinski definition) is 2. The van der Waals surface area contributed by atoms with Crippen LogP contribution in [-0.4, -0.2) is 34.8 Å². The number of H-pyrrole nitrogens is 1. The molecule has 0 spiro atoms. The summed E-state index contributed by atoms with van der Waals surface area (Å²) >= 11 is 0. The summed E-state index contributed by atoms with van der Waals surface area (Å²) in [6, 6.07) is 1.27. The van der Waals surface area contributed by atoms with Crippen LogP contribution in [0.15, 0.2) is 18.7 Å². The predicted molar refractivity (Wildman–Crippen MR) is 107 cm³/mol. The highest BCUT2D eigenvalue weighted by Gasteiger charge is 2.31. The number of amides is 2. The van der Waals surface area contributed by atoms with Gasteiger partial charge in [-0.3, -0.25) is 9.59 Å². The van der Waals surface area contributed by atoms with Crippen LogP contribution >= 0.6 is 0 Å². The van der Waals surface area contributed by atoms with E-state index in [1.165, 1.54) is 12.1 Å².